The number of nitrogen functional groups attached to an aromatic ring is 1. The minimum Gasteiger partial charge on any atom is -0.392 e. The lowest BCUT2D eigenvalue weighted by atomic mass is 10.1. The first-order chi connectivity index (χ1) is 8.72. The summed E-state index contributed by atoms with van der Waals surface area (Å²) in [5.74, 6) is -4.02. The molecule has 1 aliphatic heterocycles. The molecule has 0 amide bonds. The molecule has 0 bridgehead atoms. The molecule has 0 saturated carbocycles. The van der Waals surface area contributed by atoms with Gasteiger partial charge in [-0.1, -0.05) is 0 Å². The predicted octanol–water partition coefficient (Wildman–Crippen LogP) is -2.00. The van der Waals surface area contributed by atoms with E-state index in [9.17, 15) is 18.7 Å². The van der Waals surface area contributed by atoms with E-state index in [2.05, 4.69) is 4.98 Å². The molecule has 10 heteroatoms. The number of alkyl halides is 2. The van der Waals surface area contributed by atoms with Crippen molar-refractivity contribution < 1.29 is 23.7 Å². The van der Waals surface area contributed by atoms with Gasteiger partial charge >= 0.3 is 11.6 Å². The van der Waals surface area contributed by atoms with E-state index in [0.29, 0.717) is 4.57 Å². The zero-order valence-electron chi connectivity index (χ0n) is 9.53. The maximum absolute atomic E-state index is 13.9. The second-order valence-electron chi connectivity index (χ2n) is 4.20. The summed E-state index contributed by atoms with van der Waals surface area (Å²) in [6.07, 6.45) is -3.71. The van der Waals surface area contributed by atoms with Crippen LogP contribution in [0.5, 0.6) is 0 Å². The van der Waals surface area contributed by atoms with Gasteiger partial charge < -0.3 is 20.7 Å². The minimum atomic E-state index is -3.88. The molecule has 1 saturated heterocycles. The van der Waals surface area contributed by atoms with Crippen molar-refractivity contribution in [3.05, 3.63) is 22.7 Å². The molecule has 1 aromatic rings. The first-order valence-corrected chi connectivity index (χ1v) is 5.20. The van der Waals surface area contributed by atoms with Gasteiger partial charge in [-0.3, -0.25) is 10.3 Å². The molecule has 8 nitrogen and oxygen atoms in total. The summed E-state index contributed by atoms with van der Waals surface area (Å²) < 4.78 is 32.9. The molecule has 0 aliphatic carbocycles. The van der Waals surface area contributed by atoms with Gasteiger partial charge in [-0.2, -0.15) is 13.8 Å². The number of anilines is 1. The number of rotatable bonds is 2. The monoisotopic (exact) mass is 278 g/mol. The maximum atomic E-state index is 13.9. The average molecular weight is 278 g/mol. The number of aliphatic hydroxyl groups excluding tert-OH is 2. The van der Waals surface area contributed by atoms with Crippen molar-refractivity contribution in [2.75, 3.05) is 12.3 Å². The van der Waals surface area contributed by atoms with Gasteiger partial charge in [-0.05, 0) is 6.07 Å². The molecule has 19 heavy (non-hydrogen) atoms. The van der Waals surface area contributed by atoms with Crippen molar-refractivity contribution >= 4 is 5.82 Å². The Morgan fingerprint density at radius 3 is 2.68 bits per heavy atom. The van der Waals surface area contributed by atoms with Crippen molar-refractivity contribution in [1.82, 2.24) is 9.55 Å². The highest BCUT2D eigenvalue weighted by molar-refractivity contribution is 5.23. The van der Waals surface area contributed by atoms with Crippen molar-refractivity contribution in [2.45, 2.75) is 24.0 Å². The lowest BCUT2D eigenvalue weighted by Gasteiger charge is -2.24. The van der Waals surface area contributed by atoms with Gasteiger partial charge in [0.2, 0.25) is 6.23 Å². The zero-order chi connectivity index (χ0) is 14.4. The smallest absolute Gasteiger partial charge is 0.351 e. The second-order valence-corrected chi connectivity index (χ2v) is 4.20. The topological polar surface area (TPSA) is 137 Å². The van der Waals surface area contributed by atoms with Crippen LogP contribution in [0.15, 0.2) is 17.1 Å². The third kappa shape index (κ3) is 1.98. The van der Waals surface area contributed by atoms with E-state index in [0.717, 1.165) is 12.3 Å². The van der Waals surface area contributed by atoms with Crippen LogP contribution in [0.1, 0.15) is 6.23 Å². The molecule has 0 unspecified atom stereocenters. The van der Waals surface area contributed by atoms with E-state index in [4.69, 9.17) is 21.3 Å². The highest BCUT2D eigenvalue weighted by atomic mass is 19.3. The van der Waals surface area contributed by atoms with Gasteiger partial charge in [0.15, 0.2) is 11.8 Å². The van der Waals surface area contributed by atoms with E-state index in [1.54, 1.807) is 0 Å². The summed E-state index contributed by atoms with van der Waals surface area (Å²) in [4.78, 5) is 14.8. The van der Waals surface area contributed by atoms with Gasteiger partial charge in [0, 0.05) is 6.20 Å². The van der Waals surface area contributed by atoms with Crippen LogP contribution >= 0.6 is 0 Å². The van der Waals surface area contributed by atoms with Crippen LogP contribution in [0.4, 0.5) is 14.6 Å². The highest BCUT2D eigenvalue weighted by Crippen LogP contribution is 2.45. The highest BCUT2D eigenvalue weighted by Gasteiger charge is 2.65. The fourth-order valence-electron chi connectivity index (χ4n) is 1.78. The van der Waals surface area contributed by atoms with E-state index >= 15 is 0 Å². The Hall–Kier alpha value is -1.62. The van der Waals surface area contributed by atoms with Gasteiger partial charge in [-0.15, -0.1) is 0 Å². The maximum Gasteiger partial charge on any atom is 0.351 e. The molecule has 0 spiro atoms. The molecule has 2 heterocycles. The summed E-state index contributed by atoms with van der Waals surface area (Å²) in [7, 11) is 0. The molecule has 6 N–H and O–H groups in total. The summed E-state index contributed by atoms with van der Waals surface area (Å²) in [6, 6.07) is 1.11. The van der Waals surface area contributed by atoms with Crippen molar-refractivity contribution in [1.29, 1.82) is 0 Å². The Morgan fingerprint density at radius 1 is 1.58 bits per heavy atom. The Kier molecular flexibility index (Phi) is 3.05. The fraction of sp³-hybridized carbons (Fsp3) is 0.556. The molecule has 0 aromatic carbocycles. The summed E-state index contributed by atoms with van der Waals surface area (Å²) in [6.45, 7) is -1.04. The van der Waals surface area contributed by atoms with Crippen LogP contribution in [0.25, 0.3) is 0 Å². The first-order valence-electron chi connectivity index (χ1n) is 5.20. The standard InChI is InChI=1S/C9H12F2N4O4/c10-9(11)5(17)8(13,3-16)19-6(9)15-2-1-4(12)14-7(15)18/h1-2,5-6,16-17H,3,13H2,(H2,12,14,18)/t5-,6-,8-/m1/s1. The number of nitrogens with zero attached hydrogens (tertiary/aromatic N) is 2. The molecular formula is C9H12F2N4O4. The quantitative estimate of drug-likeness (QED) is 0.491. The molecule has 1 aliphatic rings. The van der Waals surface area contributed by atoms with Crippen LogP contribution in [0.3, 0.4) is 0 Å². The summed E-state index contributed by atoms with van der Waals surface area (Å²) in [5.41, 5.74) is 7.11. The van der Waals surface area contributed by atoms with E-state index in [1.807, 2.05) is 0 Å². The van der Waals surface area contributed by atoms with Gasteiger partial charge in [0.1, 0.15) is 5.82 Å². The van der Waals surface area contributed by atoms with Crippen molar-refractivity contribution in [3.8, 4) is 0 Å². The number of hydrogen-bond acceptors (Lipinski definition) is 7. The number of ether oxygens (including phenoxy) is 1. The van der Waals surface area contributed by atoms with Gasteiger partial charge in [-0.25, -0.2) is 4.79 Å². The molecule has 2 rings (SSSR count). The SMILES string of the molecule is Nc1ccn([C@@H]2O[C@](N)(CO)[C@@H](O)C2(F)F)c(=O)n1. The Morgan fingerprint density at radius 2 is 2.21 bits per heavy atom. The molecule has 1 fully saturated rings. The number of aliphatic hydroxyl groups is 2. The Balaban J connectivity index is 2.48. The van der Waals surface area contributed by atoms with E-state index in [1.165, 1.54) is 0 Å². The number of aromatic nitrogens is 2. The fourth-order valence-corrected chi connectivity index (χ4v) is 1.78. The lowest BCUT2D eigenvalue weighted by Crippen LogP contribution is -2.55. The molecule has 3 atom stereocenters. The summed E-state index contributed by atoms with van der Waals surface area (Å²) >= 11 is 0. The summed E-state index contributed by atoms with van der Waals surface area (Å²) in [5, 5.41) is 18.4. The molecular weight excluding hydrogens is 266 g/mol. The van der Waals surface area contributed by atoms with E-state index < -0.39 is 36.3 Å². The van der Waals surface area contributed by atoms with Gasteiger partial charge in [0.25, 0.3) is 0 Å². The zero-order valence-corrected chi connectivity index (χ0v) is 9.53. The van der Waals surface area contributed by atoms with Crippen molar-refractivity contribution in [2.24, 2.45) is 5.73 Å². The largest absolute Gasteiger partial charge is 0.392 e. The minimum absolute atomic E-state index is 0.149. The van der Waals surface area contributed by atoms with Crippen LogP contribution in [-0.2, 0) is 4.74 Å². The van der Waals surface area contributed by atoms with E-state index in [-0.39, 0.29) is 5.82 Å². The van der Waals surface area contributed by atoms with Crippen LogP contribution in [0, 0.1) is 0 Å². The Bertz CT molecular complexity index is 551. The number of hydrogen-bond donors (Lipinski definition) is 4. The predicted molar refractivity (Wildman–Crippen MR) is 58.0 cm³/mol. The first kappa shape index (κ1) is 13.8. The van der Waals surface area contributed by atoms with Gasteiger partial charge in [0.05, 0.1) is 6.61 Å². The van der Waals surface area contributed by atoms with Crippen LogP contribution in [-0.4, -0.2) is 44.1 Å². The normalized spacial score (nSPS) is 33.5. The average Bonchev–Trinajstić information content (AvgIpc) is 2.51. The Labute approximate surface area is 105 Å². The second kappa shape index (κ2) is 4.20. The molecule has 106 valence electrons. The molecule has 1 aromatic heterocycles. The van der Waals surface area contributed by atoms with Crippen LogP contribution < -0.4 is 17.2 Å². The lowest BCUT2D eigenvalue weighted by molar-refractivity contribution is -0.144. The number of nitrogens with two attached hydrogens (primary N) is 2. The number of halogens is 2. The van der Waals surface area contributed by atoms with Crippen molar-refractivity contribution in [3.63, 3.8) is 0 Å². The molecule has 0 radical (unpaired) electrons. The third-order valence-corrected chi connectivity index (χ3v) is 2.84. The third-order valence-electron chi connectivity index (χ3n) is 2.84. The van der Waals surface area contributed by atoms with Crippen LogP contribution in [0.2, 0.25) is 0 Å².